The first-order chi connectivity index (χ1) is 8.66. The minimum Gasteiger partial charge on any atom is -0.397 e. The van der Waals surface area contributed by atoms with Crippen molar-refractivity contribution in [3.05, 3.63) is 47.6 Å². The molecule has 5 heteroatoms. The fraction of sp³-hybridized carbons (Fsp3) is 0.0769. The summed E-state index contributed by atoms with van der Waals surface area (Å²) in [5.74, 6) is 0. The van der Waals surface area contributed by atoms with Crippen molar-refractivity contribution in [3.63, 3.8) is 0 Å². The first-order valence-electron chi connectivity index (χ1n) is 5.50. The molecule has 90 valence electrons. The number of fused-ring (bicyclic) bond motifs is 1. The van der Waals surface area contributed by atoms with Gasteiger partial charge >= 0.3 is 0 Å². The van der Waals surface area contributed by atoms with Gasteiger partial charge in [0, 0.05) is 17.8 Å². The average Bonchev–Trinajstić information content (AvgIpc) is 2.75. The molecule has 0 fully saturated rings. The van der Waals surface area contributed by atoms with Crippen molar-refractivity contribution in [2.75, 3.05) is 5.73 Å². The minimum absolute atomic E-state index is 0.575. The summed E-state index contributed by atoms with van der Waals surface area (Å²) in [6.45, 7) is 1.93. The van der Waals surface area contributed by atoms with E-state index < -0.39 is 0 Å². The van der Waals surface area contributed by atoms with Crippen LogP contribution in [0.5, 0.6) is 0 Å². The Morgan fingerprint density at radius 3 is 2.83 bits per heavy atom. The molecule has 0 spiro atoms. The molecule has 0 bridgehead atoms. The summed E-state index contributed by atoms with van der Waals surface area (Å²) in [4.78, 5) is 8.50. The lowest BCUT2D eigenvalue weighted by Crippen LogP contribution is -1.97. The van der Waals surface area contributed by atoms with Gasteiger partial charge in [0.05, 0.1) is 33.9 Å². The molecule has 0 saturated heterocycles. The van der Waals surface area contributed by atoms with Gasteiger partial charge in [-0.3, -0.25) is 4.98 Å². The van der Waals surface area contributed by atoms with Gasteiger partial charge in [0.15, 0.2) is 0 Å². The van der Waals surface area contributed by atoms with Crippen LogP contribution < -0.4 is 5.73 Å². The van der Waals surface area contributed by atoms with E-state index in [1.54, 1.807) is 12.5 Å². The molecule has 0 saturated carbocycles. The van der Waals surface area contributed by atoms with Crippen LogP contribution in [0.3, 0.4) is 0 Å². The van der Waals surface area contributed by atoms with Crippen LogP contribution in [0.25, 0.3) is 16.6 Å². The average molecular weight is 259 g/mol. The largest absolute Gasteiger partial charge is 0.397 e. The van der Waals surface area contributed by atoms with Crippen LogP contribution in [0.1, 0.15) is 5.69 Å². The Labute approximate surface area is 109 Å². The highest BCUT2D eigenvalue weighted by Crippen LogP contribution is 2.30. The zero-order valence-corrected chi connectivity index (χ0v) is 10.5. The SMILES string of the molecule is Cc1cn(-c2c(Cl)cnc3c(N)cccc23)cn1. The van der Waals surface area contributed by atoms with Crippen LogP contribution in [0.2, 0.25) is 5.02 Å². The fourth-order valence-electron chi connectivity index (χ4n) is 2.01. The van der Waals surface area contributed by atoms with Gasteiger partial charge in [0.2, 0.25) is 0 Å². The lowest BCUT2D eigenvalue weighted by Gasteiger charge is -2.10. The van der Waals surface area contributed by atoms with Crippen LogP contribution in [-0.2, 0) is 0 Å². The molecule has 0 aliphatic heterocycles. The van der Waals surface area contributed by atoms with E-state index in [0.717, 1.165) is 22.3 Å². The number of hydrogen-bond acceptors (Lipinski definition) is 3. The van der Waals surface area contributed by atoms with Crippen molar-refractivity contribution in [1.82, 2.24) is 14.5 Å². The number of nitrogens with zero attached hydrogens (tertiary/aromatic N) is 3. The molecule has 4 nitrogen and oxygen atoms in total. The zero-order chi connectivity index (χ0) is 12.7. The van der Waals surface area contributed by atoms with E-state index in [9.17, 15) is 0 Å². The predicted molar refractivity (Wildman–Crippen MR) is 73.0 cm³/mol. The van der Waals surface area contributed by atoms with Crippen molar-refractivity contribution in [1.29, 1.82) is 0 Å². The van der Waals surface area contributed by atoms with Crippen LogP contribution in [0.4, 0.5) is 5.69 Å². The van der Waals surface area contributed by atoms with E-state index in [1.165, 1.54) is 0 Å². The number of nitrogen functional groups attached to an aromatic ring is 1. The van der Waals surface area contributed by atoms with Crippen molar-refractivity contribution in [2.24, 2.45) is 0 Å². The second-order valence-corrected chi connectivity index (χ2v) is 4.53. The molecule has 0 atom stereocenters. The number of imidazole rings is 1. The molecule has 3 aromatic rings. The fourth-order valence-corrected chi connectivity index (χ4v) is 2.26. The molecule has 18 heavy (non-hydrogen) atoms. The van der Waals surface area contributed by atoms with E-state index >= 15 is 0 Å². The maximum Gasteiger partial charge on any atom is 0.0995 e. The molecule has 2 N–H and O–H groups in total. The third kappa shape index (κ3) is 1.62. The van der Waals surface area contributed by atoms with Gasteiger partial charge in [-0.05, 0) is 13.0 Å². The van der Waals surface area contributed by atoms with E-state index in [2.05, 4.69) is 9.97 Å². The van der Waals surface area contributed by atoms with Gasteiger partial charge in [-0.1, -0.05) is 23.7 Å². The second-order valence-electron chi connectivity index (χ2n) is 4.12. The standard InChI is InChI=1S/C13H11ClN4/c1-8-6-18(7-17-8)13-9-3-2-4-11(15)12(9)16-5-10(13)14/h2-7H,15H2,1H3. The minimum atomic E-state index is 0.575. The van der Waals surface area contributed by atoms with Crippen LogP contribution in [-0.4, -0.2) is 14.5 Å². The number of nitrogens with two attached hydrogens (primary N) is 1. The van der Waals surface area contributed by atoms with E-state index in [0.29, 0.717) is 10.7 Å². The first kappa shape index (κ1) is 11.0. The number of anilines is 1. The summed E-state index contributed by atoms with van der Waals surface area (Å²) in [6, 6.07) is 5.67. The zero-order valence-electron chi connectivity index (χ0n) is 9.76. The number of para-hydroxylation sites is 1. The topological polar surface area (TPSA) is 56.7 Å². The lowest BCUT2D eigenvalue weighted by molar-refractivity contribution is 1.06. The molecule has 0 amide bonds. The highest BCUT2D eigenvalue weighted by molar-refractivity contribution is 6.33. The highest BCUT2D eigenvalue weighted by Gasteiger charge is 2.11. The predicted octanol–water partition coefficient (Wildman–Crippen LogP) is 2.96. The Kier molecular flexibility index (Phi) is 2.45. The molecular weight excluding hydrogens is 248 g/mol. The number of hydrogen-bond donors (Lipinski definition) is 1. The van der Waals surface area contributed by atoms with Crippen molar-refractivity contribution in [2.45, 2.75) is 6.92 Å². The number of aryl methyl sites for hydroxylation is 1. The molecule has 2 heterocycles. The van der Waals surface area contributed by atoms with Gasteiger partial charge in [0.25, 0.3) is 0 Å². The summed E-state index contributed by atoms with van der Waals surface area (Å²) >= 11 is 6.25. The van der Waals surface area contributed by atoms with Crippen LogP contribution in [0, 0.1) is 6.92 Å². The first-order valence-corrected chi connectivity index (χ1v) is 5.88. The van der Waals surface area contributed by atoms with Crippen molar-refractivity contribution < 1.29 is 0 Å². The third-order valence-corrected chi connectivity index (χ3v) is 3.10. The third-order valence-electron chi connectivity index (χ3n) is 2.83. The quantitative estimate of drug-likeness (QED) is 0.683. The van der Waals surface area contributed by atoms with Crippen molar-refractivity contribution >= 4 is 28.2 Å². The Morgan fingerprint density at radius 2 is 2.11 bits per heavy atom. The maximum atomic E-state index is 6.25. The summed E-state index contributed by atoms with van der Waals surface area (Å²) in [5.41, 5.74) is 9.11. The summed E-state index contributed by atoms with van der Waals surface area (Å²) < 4.78 is 1.89. The Bertz CT molecular complexity index is 733. The smallest absolute Gasteiger partial charge is 0.0995 e. The van der Waals surface area contributed by atoms with Gasteiger partial charge in [-0.25, -0.2) is 4.98 Å². The molecule has 0 aliphatic carbocycles. The Hall–Kier alpha value is -2.07. The summed E-state index contributed by atoms with van der Waals surface area (Å²) in [5, 5.41) is 1.49. The van der Waals surface area contributed by atoms with Gasteiger partial charge in [-0.2, -0.15) is 0 Å². The van der Waals surface area contributed by atoms with Crippen LogP contribution >= 0.6 is 11.6 Å². The van der Waals surface area contributed by atoms with E-state index in [4.69, 9.17) is 17.3 Å². The van der Waals surface area contributed by atoms with E-state index in [-0.39, 0.29) is 0 Å². The molecule has 0 unspecified atom stereocenters. The Morgan fingerprint density at radius 1 is 1.28 bits per heavy atom. The number of aromatic nitrogens is 3. The summed E-state index contributed by atoms with van der Waals surface area (Å²) in [7, 11) is 0. The maximum absolute atomic E-state index is 6.25. The van der Waals surface area contributed by atoms with Gasteiger partial charge < -0.3 is 10.3 Å². The molecule has 2 aromatic heterocycles. The number of benzene rings is 1. The number of pyridine rings is 1. The van der Waals surface area contributed by atoms with Gasteiger partial charge in [-0.15, -0.1) is 0 Å². The number of halogens is 1. The van der Waals surface area contributed by atoms with Crippen molar-refractivity contribution in [3.8, 4) is 5.69 Å². The Balaban J connectivity index is 2.40. The molecule has 1 aromatic carbocycles. The molecule has 0 aliphatic rings. The highest BCUT2D eigenvalue weighted by atomic mass is 35.5. The molecular formula is C13H11ClN4. The van der Waals surface area contributed by atoms with E-state index in [1.807, 2.05) is 35.9 Å². The van der Waals surface area contributed by atoms with Gasteiger partial charge in [0.1, 0.15) is 0 Å². The summed E-state index contributed by atoms with van der Waals surface area (Å²) in [6.07, 6.45) is 5.27. The second kappa shape index (κ2) is 3.99. The monoisotopic (exact) mass is 258 g/mol. The molecule has 0 radical (unpaired) electrons. The molecule has 3 rings (SSSR count). The lowest BCUT2D eigenvalue weighted by atomic mass is 10.1. The normalized spacial score (nSPS) is 11.0. The number of rotatable bonds is 1. The van der Waals surface area contributed by atoms with Crippen LogP contribution in [0.15, 0.2) is 36.9 Å².